The van der Waals surface area contributed by atoms with E-state index in [0.29, 0.717) is 6.42 Å². The average molecular weight is 1050 g/mol. The number of aryl methyl sites for hydroxylation is 4. The van der Waals surface area contributed by atoms with Crippen molar-refractivity contribution in [3.63, 3.8) is 0 Å². The van der Waals surface area contributed by atoms with E-state index in [2.05, 4.69) is 275 Å². The fourth-order valence-electron chi connectivity index (χ4n) is 11.1. The number of rotatable bonds is 19. The molecule has 408 valence electrons. The van der Waals surface area contributed by atoms with Gasteiger partial charge in [-0.2, -0.15) is 0 Å². The number of unbranched alkanes of at least 4 members (excludes halogenated alkanes) is 1. The topological polar surface area (TPSA) is 59.1 Å². The first kappa shape index (κ1) is 57.6. The number of methoxy groups -OCH3 is 1. The van der Waals surface area contributed by atoms with Crippen molar-refractivity contribution >= 4 is 46.4 Å². The van der Waals surface area contributed by atoms with E-state index in [1.807, 2.05) is 0 Å². The number of nitrogens with zero attached hydrogens (tertiary/aromatic N) is 2. The van der Waals surface area contributed by atoms with Crippen LogP contribution in [0.3, 0.4) is 0 Å². The molecule has 0 amide bonds. The molecule has 0 aromatic heterocycles. The molecule has 8 aromatic carbocycles. The summed E-state index contributed by atoms with van der Waals surface area (Å²) in [5, 5.41) is 0. The lowest BCUT2D eigenvalue weighted by Crippen LogP contribution is -2.25. The third-order valence-corrected chi connectivity index (χ3v) is 16.7. The molecule has 0 spiro atoms. The molecule has 0 saturated heterocycles. The van der Waals surface area contributed by atoms with E-state index in [4.69, 9.17) is 9.47 Å². The second-order valence-corrected chi connectivity index (χ2v) is 23.7. The Balaban J connectivity index is 0.000000839. The number of ether oxygens (including phenoxy) is 2. The van der Waals surface area contributed by atoms with Gasteiger partial charge in [-0.25, -0.2) is 4.79 Å². The Bertz CT molecular complexity index is 3040. The maximum Gasteiger partial charge on any atom is 0.371 e. The van der Waals surface area contributed by atoms with Gasteiger partial charge in [-0.3, -0.25) is 4.79 Å². The van der Waals surface area contributed by atoms with Gasteiger partial charge in [0, 0.05) is 57.5 Å². The minimum atomic E-state index is -0.829. The zero-order valence-corrected chi connectivity index (χ0v) is 49.2. The summed E-state index contributed by atoms with van der Waals surface area (Å²) in [5.41, 5.74) is 20.5. The van der Waals surface area contributed by atoms with Crippen molar-refractivity contribution < 1.29 is 19.1 Å². The fourth-order valence-corrected chi connectivity index (χ4v) is 11.1. The number of carbonyl (C=O) groups excluding carboxylic acids is 2. The lowest BCUT2D eigenvalue weighted by Gasteiger charge is -2.33. The number of aldehydes is 1. The third kappa shape index (κ3) is 12.8. The highest BCUT2D eigenvalue weighted by Gasteiger charge is 2.41. The van der Waals surface area contributed by atoms with Crippen LogP contribution in [0.4, 0.5) is 34.1 Å². The normalized spacial score (nSPS) is 12.7. The number of esters is 1. The minimum Gasteiger partial charge on any atom is -0.460 e. The molecular weight excluding hydrogens is 969 g/mol. The van der Waals surface area contributed by atoms with Crippen molar-refractivity contribution in [2.75, 3.05) is 23.5 Å². The first-order chi connectivity index (χ1) is 37.7. The number of hydrogen-bond acceptors (Lipinski definition) is 6. The van der Waals surface area contributed by atoms with Crippen LogP contribution < -0.4 is 9.80 Å². The molecule has 0 unspecified atom stereocenters. The minimum absolute atomic E-state index is 0.0933. The molecule has 0 radical (unpaired) electrons. The molecule has 9 rings (SSSR count). The van der Waals surface area contributed by atoms with Crippen LogP contribution >= 0.6 is 0 Å². The predicted molar refractivity (Wildman–Crippen MR) is 331 cm³/mol. The maximum absolute atomic E-state index is 11.9. The van der Waals surface area contributed by atoms with Crippen molar-refractivity contribution in [1.82, 2.24) is 0 Å². The van der Waals surface area contributed by atoms with Gasteiger partial charge in [0.2, 0.25) is 6.29 Å². The van der Waals surface area contributed by atoms with Crippen LogP contribution in [-0.4, -0.2) is 31.6 Å². The predicted octanol–water partition coefficient (Wildman–Crippen LogP) is 18.9. The molecule has 8 aromatic rings. The molecular formula is C73H82N2O4. The van der Waals surface area contributed by atoms with Crippen LogP contribution in [0.1, 0.15) is 143 Å². The van der Waals surface area contributed by atoms with E-state index in [1.165, 1.54) is 86.0 Å². The summed E-state index contributed by atoms with van der Waals surface area (Å²) in [6.45, 7) is 26.7. The van der Waals surface area contributed by atoms with Gasteiger partial charge in [-0.05, 0) is 178 Å². The third-order valence-electron chi connectivity index (χ3n) is 16.7. The Morgan fingerprint density at radius 3 is 1.10 bits per heavy atom. The highest BCUT2D eigenvalue weighted by molar-refractivity contribution is 6.20. The lowest BCUT2D eigenvalue weighted by molar-refractivity contribution is -0.148. The number of hydrogen-bond donors (Lipinski definition) is 0. The lowest BCUT2D eigenvalue weighted by atomic mass is 9.71. The van der Waals surface area contributed by atoms with Gasteiger partial charge >= 0.3 is 5.97 Å². The standard InChI is InChI=1S/C65H64N2O3.C8H18O/c1-44-11-25-52(26-12-44)66(53-27-13-45(2)14-28-53)56-33-19-48(20-34-56)63(5,6)50-23-37-58-59-38-24-51(42-61(59)65(9,60(58)41-50)39-10-40-70-62(69)43-68)64(7,8)49-21-35-57(36-22-49)67(54-29-15-46(3)16-30-54)55-31-17-47(4)18-32-55;1-5-6-7-8(2,3)9-4/h11-38,41-43H,10,39-40H2,1-9H3;5-7H2,1-4H3. The summed E-state index contributed by atoms with van der Waals surface area (Å²) in [4.78, 5) is 27.7. The van der Waals surface area contributed by atoms with Gasteiger partial charge in [-0.15, -0.1) is 0 Å². The Labute approximate surface area is 472 Å². The Kier molecular flexibility index (Phi) is 17.7. The highest BCUT2D eigenvalue weighted by Crippen LogP contribution is 2.54. The number of fused-ring (bicyclic) bond motifs is 3. The smallest absolute Gasteiger partial charge is 0.371 e. The second kappa shape index (κ2) is 24.2. The van der Waals surface area contributed by atoms with E-state index in [1.54, 1.807) is 7.11 Å². The van der Waals surface area contributed by atoms with Crippen LogP contribution in [0.25, 0.3) is 11.1 Å². The van der Waals surface area contributed by atoms with Crippen molar-refractivity contribution in [2.24, 2.45) is 0 Å². The van der Waals surface area contributed by atoms with Crippen LogP contribution in [0.15, 0.2) is 182 Å². The number of carbonyl (C=O) groups is 2. The largest absolute Gasteiger partial charge is 0.460 e. The van der Waals surface area contributed by atoms with Gasteiger partial charge in [0.15, 0.2) is 0 Å². The summed E-state index contributed by atoms with van der Waals surface area (Å²) in [5.74, 6) is -0.829. The SMILES string of the molecule is CCCCC(C)(C)OC.Cc1ccc(N(c2ccc(C)cc2)c2ccc(C(C)(C)c3ccc4c(c3)C(C)(CCCOC(=O)C=O)c3cc(C(C)(C)c5ccc(N(c6ccc(C)cc6)c6ccc(C)cc6)cc5)ccc3-4)cc2)cc1. The van der Waals surface area contributed by atoms with E-state index in [9.17, 15) is 9.59 Å². The molecule has 0 fully saturated rings. The molecule has 1 aliphatic rings. The molecule has 79 heavy (non-hydrogen) atoms. The monoisotopic (exact) mass is 1050 g/mol. The van der Waals surface area contributed by atoms with E-state index in [-0.39, 0.29) is 29.3 Å². The molecule has 0 heterocycles. The van der Waals surface area contributed by atoms with Gasteiger partial charge in [0.1, 0.15) is 0 Å². The first-order valence-corrected chi connectivity index (χ1v) is 28.2. The van der Waals surface area contributed by atoms with Gasteiger partial charge in [0.25, 0.3) is 0 Å². The average Bonchev–Trinajstić information content (AvgIpc) is 4.00. The summed E-state index contributed by atoms with van der Waals surface area (Å²) in [6, 6.07) is 67.0. The highest BCUT2D eigenvalue weighted by atomic mass is 16.5. The zero-order valence-electron chi connectivity index (χ0n) is 49.2. The molecule has 0 atom stereocenters. The number of benzene rings is 8. The Morgan fingerprint density at radius 2 is 0.797 bits per heavy atom. The fraction of sp³-hybridized carbons (Fsp3) is 0.315. The molecule has 6 nitrogen and oxygen atoms in total. The van der Waals surface area contributed by atoms with Crippen LogP contribution in [0.2, 0.25) is 0 Å². The molecule has 0 aliphatic heterocycles. The van der Waals surface area contributed by atoms with Crippen LogP contribution in [-0.2, 0) is 35.3 Å². The van der Waals surface area contributed by atoms with Crippen molar-refractivity contribution in [1.29, 1.82) is 0 Å². The Hall–Kier alpha value is -7.54. The van der Waals surface area contributed by atoms with E-state index >= 15 is 0 Å². The maximum atomic E-state index is 11.9. The van der Waals surface area contributed by atoms with Crippen LogP contribution in [0.5, 0.6) is 0 Å². The quantitative estimate of drug-likeness (QED) is 0.0348. The van der Waals surface area contributed by atoms with Crippen molar-refractivity contribution in [3.05, 3.63) is 238 Å². The van der Waals surface area contributed by atoms with Gasteiger partial charge in [-0.1, -0.05) is 186 Å². The second-order valence-electron chi connectivity index (χ2n) is 23.7. The van der Waals surface area contributed by atoms with Gasteiger partial charge in [0.05, 0.1) is 12.2 Å². The molecule has 0 N–H and O–H groups in total. The number of anilines is 6. The summed E-state index contributed by atoms with van der Waals surface area (Å²) in [7, 11) is 1.77. The summed E-state index contributed by atoms with van der Waals surface area (Å²) < 4.78 is 10.6. The zero-order chi connectivity index (χ0) is 56.7. The summed E-state index contributed by atoms with van der Waals surface area (Å²) >= 11 is 0. The van der Waals surface area contributed by atoms with Crippen LogP contribution in [0, 0.1) is 27.7 Å². The van der Waals surface area contributed by atoms with Crippen molar-refractivity contribution in [2.45, 2.75) is 137 Å². The van der Waals surface area contributed by atoms with E-state index < -0.39 is 11.4 Å². The van der Waals surface area contributed by atoms with Crippen molar-refractivity contribution in [3.8, 4) is 11.1 Å². The molecule has 0 saturated carbocycles. The molecule has 1 aliphatic carbocycles. The summed E-state index contributed by atoms with van der Waals surface area (Å²) in [6.07, 6.45) is 5.27. The van der Waals surface area contributed by atoms with Gasteiger partial charge < -0.3 is 19.3 Å². The first-order valence-electron chi connectivity index (χ1n) is 28.2. The molecule has 6 heteroatoms. The Morgan fingerprint density at radius 1 is 0.481 bits per heavy atom. The van der Waals surface area contributed by atoms with E-state index in [0.717, 1.165) is 40.5 Å². The molecule has 0 bridgehead atoms.